The molecule has 7 heteroatoms. The lowest BCUT2D eigenvalue weighted by Crippen LogP contribution is -2.26. The Kier molecular flexibility index (Phi) is 4.81. The summed E-state index contributed by atoms with van der Waals surface area (Å²) in [5.74, 6) is 0.554. The molecule has 0 aliphatic carbocycles. The van der Waals surface area contributed by atoms with Crippen molar-refractivity contribution < 1.29 is 8.78 Å². The quantitative estimate of drug-likeness (QED) is 0.781. The fourth-order valence-electron chi connectivity index (χ4n) is 2.22. The molecule has 0 atom stereocenters. The molecule has 0 saturated heterocycles. The third-order valence-electron chi connectivity index (χ3n) is 3.33. The first-order valence-electron chi connectivity index (χ1n) is 6.66. The third-order valence-corrected chi connectivity index (χ3v) is 3.62. The molecule has 118 valence electrons. The molecular formula is C15H17ClF2N4. The molecule has 0 unspecified atom stereocenters. The van der Waals surface area contributed by atoms with Crippen molar-refractivity contribution in [3.63, 3.8) is 0 Å². The first-order chi connectivity index (χ1) is 10.3. The van der Waals surface area contributed by atoms with Crippen LogP contribution in [0.2, 0.25) is 5.15 Å². The number of hydrogen-bond acceptors (Lipinski definition) is 4. The molecule has 1 aromatic heterocycles. The van der Waals surface area contributed by atoms with Crippen LogP contribution in [-0.2, 0) is 0 Å². The van der Waals surface area contributed by atoms with Crippen LogP contribution in [0.1, 0.15) is 5.82 Å². The number of halogens is 3. The molecule has 0 N–H and O–H groups in total. The van der Waals surface area contributed by atoms with Gasteiger partial charge in [0, 0.05) is 19.5 Å². The lowest BCUT2D eigenvalue weighted by molar-refractivity contribution is 0.156. The monoisotopic (exact) mass is 326 g/mol. The molecule has 0 fully saturated rings. The molecule has 4 nitrogen and oxygen atoms in total. The summed E-state index contributed by atoms with van der Waals surface area (Å²) in [6.45, 7) is 5.08. The largest absolute Gasteiger partial charge is 0.367 e. The fourth-order valence-corrected chi connectivity index (χ4v) is 2.49. The van der Waals surface area contributed by atoms with Crippen LogP contribution in [0.25, 0.3) is 10.9 Å². The second kappa shape index (κ2) is 6.44. The van der Waals surface area contributed by atoms with Gasteiger partial charge in [-0.25, -0.2) is 18.7 Å². The zero-order valence-electron chi connectivity index (χ0n) is 12.6. The molecule has 0 saturated carbocycles. The van der Waals surface area contributed by atoms with Gasteiger partial charge in [0.1, 0.15) is 11.0 Å². The average Bonchev–Trinajstić information content (AvgIpc) is 2.44. The van der Waals surface area contributed by atoms with Gasteiger partial charge in [-0.2, -0.15) is 0 Å². The molecule has 0 aliphatic heterocycles. The van der Waals surface area contributed by atoms with Crippen LogP contribution >= 0.6 is 11.6 Å². The van der Waals surface area contributed by atoms with E-state index in [9.17, 15) is 8.78 Å². The number of hydrogen-bond donors (Lipinski definition) is 0. The van der Waals surface area contributed by atoms with Crippen molar-refractivity contribution in [3.8, 4) is 0 Å². The molecule has 1 aromatic carbocycles. The number of anilines is 2. The summed E-state index contributed by atoms with van der Waals surface area (Å²) < 4.78 is 25.4. The van der Waals surface area contributed by atoms with E-state index in [0.717, 1.165) is 5.69 Å². The minimum Gasteiger partial charge on any atom is -0.367 e. The Labute approximate surface area is 133 Å². The van der Waals surface area contributed by atoms with Crippen molar-refractivity contribution in [2.45, 2.75) is 13.3 Å². The molecule has 0 bridgehead atoms. The van der Waals surface area contributed by atoms with E-state index in [1.807, 2.05) is 0 Å². The van der Waals surface area contributed by atoms with Gasteiger partial charge in [-0.05, 0) is 25.3 Å². The molecule has 2 rings (SSSR count). The smallest absolute Gasteiger partial charge is 0.255 e. The van der Waals surface area contributed by atoms with Gasteiger partial charge in [0.05, 0.1) is 23.4 Å². The van der Waals surface area contributed by atoms with Gasteiger partial charge in [-0.1, -0.05) is 18.2 Å². The molecule has 2 aromatic rings. The van der Waals surface area contributed by atoms with Crippen LogP contribution in [0, 0.1) is 6.92 Å². The summed E-state index contributed by atoms with van der Waals surface area (Å²) >= 11 is 6.16. The molecule has 0 amide bonds. The second-order valence-electron chi connectivity index (χ2n) is 4.98. The van der Waals surface area contributed by atoms with Crippen LogP contribution in [0.4, 0.5) is 20.2 Å². The van der Waals surface area contributed by atoms with Crippen molar-refractivity contribution in [2.24, 2.45) is 0 Å². The minimum atomic E-state index is -2.44. The highest BCUT2D eigenvalue weighted by molar-refractivity contribution is 6.34. The standard InChI is InChI=1S/C15H17ClF2N4/c1-5-21(3)13-7-11-10(15(16)20-9(2)19-11)6-12(13)22(4)8-14(17)18/h5-7,14H,1,8H2,2-4H3. The Morgan fingerprint density at radius 3 is 2.55 bits per heavy atom. The Morgan fingerprint density at radius 1 is 1.27 bits per heavy atom. The van der Waals surface area contributed by atoms with Gasteiger partial charge in [0.25, 0.3) is 6.43 Å². The van der Waals surface area contributed by atoms with Gasteiger partial charge in [-0.15, -0.1) is 0 Å². The van der Waals surface area contributed by atoms with Crippen LogP contribution in [0.3, 0.4) is 0 Å². The highest BCUT2D eigenvalue weighted by Gasteiger charge is 2.17. The summed E-state index contributed by atoms with van der Waals surface area (Å²) in [5.41, 5.74) is 2.00. The van der Waals surface area contributed by atoms with E-state index in [-0.39, 0.29) is 6.54 Å². The Balaban J connectivity index is 2.68. The summed E-state index contributed by atoms with van der Waals surface area (Å²) in [6.07, 6.45) is -0.830. The zero-order valence-corrected chi connectivity index (χ0v) is 13.4. The van der Waals surface area contributed by atoms with Crippen molar-refractivity contribution in [1.29, 1.82) is 0 Å². The molecule has 0 aliphatic rings. The Morgan fingerprint density at radius 2 is 1.95 bits per heavy atom. The van der Waals surface area contributed by atoms with E-state index in [1.165, 1.54) is 4.90 Å². The predicted octanol–water partition coefficient (Wildman–Crippen LogP) is 3.87. The van der Waals surface area contributed by atoms with Crippen molar-refractivity contribution in [3.05, 3.63) is 35.9 Å². The molecule has 22 heavy (non-hydrogen) atoms. The lowest BCUT2D eigenvalue weighted by atomic mass is 10.1. The maximum Gasteiger partial charge on any atom is 0.255 e. The molecule has 0 radical (unpaired) electrons. The maximum absolute atomic E-state index is 12.7. The van der Waals surface area contributed by atoms with Gasteiger partial charge in [0.15, 0.2) is 0 Å². The average molecular weight is 327 g/mol. The van der Waals surface area contributed by atoms with Gasteiger partial charge in [-0.3, -0.25) is 0 Å². The minimum absolute atomic E-state index is 0.307. The highest BCUT2D eigenvalue weighted by atomic mass is 35.5. The summed E-state index contributed by atoms with van der Waals surface area (Å²) in [4.78, 5) is 11.7. The number of nitrogens with zero attached hydrogens (tertiary/aromatic N) is 4. The van der Waals surface area contributed by atoms with E-state index in [0.29, 0.717) is 27.6 Å². The Hall–Kier alpha value is -1.95. The maximum atomic E-state index is 12.7. The third kappa shape index (κ3) is 3.27. The first kappa shape index (κ1) is 16.4. The fraction of sp³-hybridized carbons (Fsp3) is 0.333. The highest BCUT2D eigenvalue weighted by Crippen LogP contribution is 2.35. The van der Waals surface area contributed by atoms with Gasteiger partial charge < -0.3 is 9.80 Å². The van der Waals surface area contributed by atoms with Crippen LogP contribution < -0.4 is 9.80 Å². The number of aryl methyl sites for hydroxylation is 1. The Bertz CT molecular complexity index is 705. The van der Waals surface area contributed by atoms with Crippen LogP contribution in [0.15, 0.2) is 24.9 Å². The SMILES string of the molecule is C=CN(C)c1cc2nc(C)nc(Cl)c2cc1N(C)CC(F)F. The van der Waals surface area contributed by atoms with E-state index in [2.05, 4.69) is 16.5 Å². The van der Waals surface area contributed by atoms with Crippen molar-refractivity contribution in [1.82, 2.24) is 9.97 Å². The first-order valence-corrected chi connectivity index (χ1v) is 7.04. The second-order valence-corrected chi connectivity index (χ2v) is 5.34. The van der Waals surface area contributed by atoms with E-state index >= 15 is 0 Å². The van der Waals surface area contributed by atoms with Gasteiger partial charge in [0.2, 0.25) is 0 Å². The van der Waals surface area contributed by atoms with E-state index in [4.69, 9.17) is 11.6 Å². The van der Waals surface area contributed by atoms with Crippen LogP contribution in [-0.4, -0.2) is 37.0 Å². The van der Waals surface area contributed by atoms with Crippen molar-refractivity contribution >= 4 is 33.9 Å². The molecule has 0 spiro atoms. The number of benzene rings is 1. The van der Waals surface area contributed by atoms with E-state index in [1.54, 1.807) is 44.3 Å². The molecule has 1 heterocycles. The zero-order chi connectivity index (χ0) is 16.4. The number of fused-ring (bicyclic) bond motifs is 1. The molecular weight excluding hydrogens is 310 g/mol. The van der Waals surface area contributed by atoms with Gasteiger partial charge >= 0.3 is 0 Å². The summed E-state index contributed by atoms with van der Waals surface area (Å²) in [7, 11) is 3.40. The van der Waals surface area contributed by atoms with Crippen LogP contribution in [0.5, 0.6) is 0 Å². The lowest BCUT2D eigenvalue weighted by Gasteiger charge is -2.26. The topological polar surface area (TPSA) is 32.3 Å². The number of rotatable bonds is 5. The number of aromatic nitrogens is 2. The summed E-state index contributed by atoms with van der Waals surface area (Å²) in [5, 5.41) is 0.937. The predicted molar refractivity (Wildman–Crippen MR) is 87.2 cm³/mol. The van der Waals surface area contributed by atoms with E-state index < -0.39 is 6.43 Å². The van der Waals surface area contributed by atoms with Crippen molar-refractivity contribution in [2.75, 3.05) is 30.4 Å². The number of alkyl halides is 2. The normalized spacial score (nSPS) is 11.0. The summed E-state index contributed by atoms with van der Waals surface area (Å²) in [6, 6.07) is 3.53.